The molecule has 6 nitrogen and oxygen atoms in total. The molecule has 0 spiro atoms. The van der Waals surface area contributed by atoms with Crippen molar-refractivity contribution >= 4 is 34.4 Å². The number of nitrogens with zero attached hydrogens (tertiary/aromatic N) is 4. The smallest absolute Gasteiger partial charge is 0.265 e. The van der Waals surface area contributed by atoms with Crippen LogP contribution in [0.4, 0.5) is 5.82 Å². The number of benzene rings is 2. The van der Waals surface area contributed by atoms with Crippen molar-refractivity contribution in [2.45, 2.75) is 19.9 Å². The molecule has 0 aliphatic heterocycles. The van der Waals surface area contributed by atoms with Crippen LogP contribution in [-0.4, -0.2) is 25.7 Å². The molecular weight excluding hydrogens is 388 g/mol. The van der Waals surface area contributed by atoms with Crippen molar-refractivity contribution in [3.8, 4) is 11.6 Å². The first-order chi connectivity index (χ1) is 14.0. The highest BCUT2D eigenvalue weighted by Gasteiger charge is 2.16. The van der Waals surface area contributed by atoms with E-state index < -0.39 is 0 Å². The van der Waals surface area contributed by atoms with Crippen LogP contribution in [0.25, 0.3) is 16.5 Å². The maximum Gasteiger partial charge on any atom is 0.265 e. The molecule has 146 valence electrons. The van der Waals surface area contributed by atoms with Gasteiger partial charge in [0.25, 0.3) is 5.56 Å². The molecule has 2 heterocycles. The molecule has 0 fully saturated rings. The Hall–Kier alpha value is -3.38. The topological polar surface area (TPSA) is 72.4 Å². The van der Waals surface area contributed by atoms with Crippen molar-refractivity contribution < 1.29 is 5.11 Å². The Morgan fingerprint density at radius 3 is 2.59 bits per heavy atom. The number of rotatable bonds is 4. The summed E-state index contributed by atoms with van der Waals surface area (Å²) in [5, 5.41) is 16.9. The molecule has 0 saturated heterocycles. The summed E-state index contributed by atoms with van der Waals surface area (Å²) in [6, 6.07) is 15.9. The van der Waals surface area contributed by atoms with Gasteiger partial charge in [-0.15, -0.1) is 0 Å². The highest BCUT2D eigenvalue weighted by molar-refractivity contribution is 6.30. The van der Waals surface area contributed by atoms with Gasteiger partial charge in [0.1, 0.15) is 0 Å². The summed E-state index contributed by atoms with van der Waals surface area (Å²) < 4.78 is 3.03. The highest BCUT2D eigenvalue weighted by Crippen LogP contribution is 2.27. The van der Waals surface area contributed by atoms with E-state index in [2.05, 4.69) is 10.1 Å². The van der Waals surface area contributed by atoms with E-state index >= 15 is 0 Å². The number of aliphatic imine (C=N–C) groups is 1. The summed E-state index contributed by atoms with van der Waals surface area (Å²) in [4.78, 5) is 17.6. The van der Waals surface area contributed by atoms with Crippen LogP contribution in [0.1, 0.15) is 25.5 Å². The molecule has 0 amide bonds. The zero-order valence-corrected chi connectivity index (χ0v) is 16.7. The van der Waals surface area contributed by atoms with E-state index in [4.69, 9.17) is 11.6 Å². The molecule has 0 aliphatic rings. The van der Waals surface area contributed by atoms with Crippen LogP contribution < -0.4 is 5.56 Å². The van der Waals surface area contributed by atoms with Crippen LogP contribution in [0.5, 0.6) is 5.88 Å². The molecule has 2 aromatic heterocycles. The molecule has 0 unspecified atom stereocenters. The quantitative estimate of drug-likeness (QED) is 0.491. The predicted octanol–water partition coefficient (Wildman–Crippen LogP) is 4.88. The zero-order valence-electron chi connectivity index (χ0n) is 16.0. The molecule has 2 aromatic carbocycles. The second kappa shape index (κ2) is 7.56. The van der Waals surface area contributed by atoms with Crippen LogP contribution in [0, 0.1) is 0 Å². The van der Waals surface area contributed by atoms with Crippen molar-refractivity contribution in [1.82, 2.24) is 14.3 Å². The van der Waals surface area contributed by atoms with Crippen molar-refractivity contribution in [3.05, 3.63) is 81.7 Å². The van der Waals surface area contributed by atoms with Crippen molar-refractivity contribution in [3.63, 3.8) is 0 Å². The SMILES string of the molecule is CC(C)n1nccc1/N=C/c1c(O)n(-c2cccc(Cl)c2)c(=O)c2ccccc12. The van der Waals surface area contributed by atoms with Crippen LogP contribution in [0.15, 0.2) is 70.6 Å². The van der Waals surface area contributed by atoms with Crippen molar-refractivity contribution in [2.24, 2.45) is 4.99 Å². The number of aromatic hydroxyl groups is 1. The van der Waals surface area contributed by atoms with Gasteiger partial charge >= 0.3 is 0 Å². The van der Waals surface area contributed by atoms with Crippen LogP contribution >= 0.6 is 11.6 Å². The fourth-order valence-corrected chi connectivity index (χ4v) is 3.47. The molecule has 4 rings (SSSR count). The van der Waals surface area contributed by atoms with Gasteiger partial charge in [-0.3, -0.25) is 4.79 Å². The summed E-state index contributed by atoms with van der Waals surface area (Å²) in [6.45, 7) is 4.02. The van der Waals surface area contributed by atoms with Gasteiger partial charge in [-0.25, -0.2) is 14.2 Å². The monoisotopic (exact) mass is 406 g/mol. The molecule has 0 bridgehead atoms. The summed E-state index contributed by atoms with van der Waals surface area (Å²) >= 11 is 6.10. The molecule has 7 heteroatoms. The summed E-state index contributed by atoms with van der Waals surface area (Å²) in [5.41, 5.74) is 0.592. The van der Waals surface area contributed by atoms with Gasteiger partial charge in [-0.05, 0) is 38.1 Å². The number of hydrogen-bond donors (Lipinski definition) is 1. The average molecular weight is 407 g/mol. The van der Waals surface area contributed by atoms with E-state index in [-0.39, 0.29) is 17.5 Å². The van der Waals surface area contributed by atoms with Crippen LogP contribution in [0.3, 0.4) is 0 Å². The van der Waals surface area contributed by atoms with E-state index in [0.29, 0.717) is 32.9 Å². The second-order valence-electron chi connectivity index (χ2n) is 6.89. The number of fused-ring (bicyclic) bond motifs is 1. The fourth-order valence-electron chi connectivity index (χ4n) is 3.28. The van der Waals surface area contributed by atoms with E-state index in [1.807, 2.05) is 19.9 Å². The molecule has 29 heavy (non-hydrogen) atoms. The molecular formula is C22H19ClN4O2. The third-order valence-corrected chi connectivity index (χ3v) is 4.87. The Morgan fingerprint density at radius 1 is 1.10 bits per heavy atom. The first-order valence-electron chi connectivity index (χ1n) is 9.17. The van der Waals surface area contributed by atoms with Crippen LogP contribution in [-0.2, 0) is 0 Å². The average Bonchev–Trinajstić information content (AvgIpc) is 3.17. The third-order valence-electron chi connectivity index (χ3n) is 4.63. The van der Waals surface area contributed by atoms with Gasteiger partial charge < -0.3 is 5.11 Å². The lowest BCUT2D eigenvalue weighted by molar-refractivity contribution is 0.436. The fraction of sp³-hybridized carbons (Fsp3) is 0.136. The molecule has 0 radical (unpaired) electrons. The minimum absolute atomic E-state index is 0.142. The van der Waals surface area contributed by atoms with E-state index in [9.17, 15) is 9.90 Å². The molecule has 1 N–H and O–H groups in total. The lowest BCUT2D eigenvalue weighted by atomic mass is 10.1. The van der Waals surface area contributed by atoms with Crippen molar-refractivity contribution in [2.75, 3.05) is 0 Å². The Bertz CT molecular complexity index is 1290. The minimum Gasteiger partial charge on any atom is -0.494 e. The number of halogens is 1. The number of pyridine rings is 1. The van der Waals surface area contributed by atoms with E-state index in [0.717, 1.165) is 0 Å². The lowest BCUT2D eigenvalue weighted by Gasteiger charge is -2.14. The first kappa shape index (κ1) is 19.0. The molecule has 0 aliphatic carbocycles. The Labute approximate surface area is 172 Å². The largest absolute Gasteiger partial charge is 0.494 e. The molecule has 0 atom stereocenters. The molecule has 0 saturated carbocycles. The van der Waals surface area contributed by atoms with Crippen molar-refractivity contribution in [1.29, 1.82) is 0 Å². The standard InChI is InChI=1S/C22H19ClN4O2/c1-14(2)27-20(10-11-25-27)24-13-19-17-8-3-4-9-18(17)21(28)26(22(19)29)16-7-5-6-15(23)12-16/h3-14,29H,1-2H3/b24-13+. The second-order valence-corrected chi connectivity index (χ2v) is 7.33. The molecule has 4 aromatic rings. The van der Waals surface area contributed by atoms with Gasteiger partial charge in [-0.2, -0.15) is 5.10 Å². The van der Waals surface area contributed by atoms with Gasteiger partial charge in [0.05, 0.1) is 17.4 Å². The predicted molar refractivity (Wildman–Crippen MR) is 116 cm³/mol. The van der Waals surface area contributed by atoms with E-state index in [1.165, 1.54) is 4.57 Å². The normalized spacial score (nSPS) is 11.7. The zero-order chi connectivity index (χ0) is 20.5. The first-order valence-corrected chi connectivity index (χ1v) is 9.55. The Balaban J connectivity index is 1.97. The Morgan fingerprint density at radius 2 is 1.86 bits per heavy atom. The van der Waals surface area contributed by atoms with E-state index in [1.54, 1.807) is 65.6 Å². The van der Waals surface area contributed by atoms with Gasteiger partial charge in [-0.1, -0.05) is 35.9 Å². The maximum atomic E-state index is 13.1. The van der Waals surface area contributed by atoms with Gasteiger partial charge in [0.15, 0.2) is 5.82 Å². The van der Waals surface area contributed by atoms with Gasteiger partial charge in [0.2, 0.25) is 5.88 Å². The summed E-state index contributed by atoms with van der Waals surface area (Å²) in [6.07, 6.45) is 3.24. The lowest BCUT2D eigenvalue weighted by Crippen LogP contribution is -2.20. The van der Waals surface area contributed by atoms with Crippen LogP contribution in [0.2, 0.25) is 5.02 Å². The third kappa shape index (κ3) is 3.43. The summed E-state index contributed by atoms with van der Waals surface area (Å²) in [5.74, 6) is 0.458. The maximum absolute atomic E-state index is 13.1. The minimum atomic E-state index is -0.329. The number of hydrogen-bond acceptors (Lipinski definition) is 4. The number of aromatic nitrogens is 3. The summed E-state index contributed by atoms with van der Waals surface area (Å²) in [7, 11) is 0. The van der Waals surface area contributed by atoms with Gasteiger partial charge in [0, 0.05) is 34.1 Å². The highest BCUT2D eigenvalue weighted by atomic mass is 35.5. The Kier molecular flexibility index (Phi) is 4.94.